The minimum Gasteiger partial charge on any atom is -0.378 e. The van der Waals surface area contributed by atoms with Crippen LogP contribution in [0.25, 0.3) is 0 Å². The Bertz CT molecular complexity index is 578. The van der Waals surface area contributed by atoms with Crippen molar-refractivity contribution in [2.45, 2.75) is 13.0 Å². The topological polar surface area (TPSA) is 19.4 Å². The zero-order chi connectivity index (χ0) is 13.2. The second-order valence-corrected chi connectivity index (χ2v) is 5.21. The number of rotatable bonds is 2. The predicted molar refractivity (Wildman–Crippen MR) is 79.8 cm³/mol. The minimum atomic E-state index is 0.958. The van der Waals surface area contributed by atoms with E-state index in [1.807, 2.05) is 12.3 Å². The molecule has 0 aliphatic carbocycles. The van der Waals surface area contributed by atoms with E-state index in [0.29, 0.717) is 0 Å². The third-order valence-corrected chi connectivity index (χ3v) is 3.70. The van der Waals surface area contributed by atoms with Gasteiger partial charge in [-0.15, -0.1) is 0 Å². The first kappa shape index (κ1) is 12.0. The maximum Gasteiger partial charge on any atom is 0.130 e. The molecule has 0 saturated heterocycles. The van der Waals surface area contributed by atoms with Crippen LogP contribution in [0.4, 0.5) is 11.5 Å². The summed E-state index contributed by atoms with van der Waals surface area (Å²) in [5.41, 5.74) is 4.09. The Kier molecular flexibility index (Phi) is 3.11. The van der Waals surface area contributed by atoms with Crippen LogP contribution in [0.2, 0.25) is 0 Å². The average Bonchev–Trinajstić information content (AvgIpc) is 2.47. The molecule has 1 aromatic carbocycles. The van der Waals surface area contributed by atoms with E-state index in [9.17, 15) is 0 Å². The quantitative estimate of drug-likeness (QED) is 0.819. The third kappa shape index (κ3) is 2.41. The van der Waals surface area contributed by atoms with Crippen LogP contribution in [0, 0.1) is 0 Å². The van der Waals surface area contributed by atoms with Crippen LogP contribution in [0.1, 0.15) is 11.1 Å². The largest absolute Gasteiger partial charge is 0.378 e. The van der Waals surface area contributed by atoms with Crippen LogP contribution in [-0.2, 0) is 13.0 Å². The molecule has 1 aromatic heterocycles. The normalized spacial score (nSPS) is 14.1. The zero-order valence-electron chi connectivity index (χ0n) is 11.5. The van der Waals surface area contributed by atoms with Gasteiger partial charge in [-0.1, -0.05) is 24.3 Å². The summed E-state index contributed by atoms with van der Waals surface area (Å²) in [6.07, 6.45) is 3.00. The second-order valence-electron chi connectivity index (χ2n) is 5.21. The lowest BCUT2D eigenvalue weighted by Crippen LogP contribution is -2.31. The van der Waals surface area contributed by atoms with Gasteiger partial charge >= 0.3 is 0 Å². The van der Waals surface area contributed by atoms with Gasteiger partial charge in [0.15, 0.2) is 0 Å². The molecule has 0 N–H and O–H groups in total. The van der Waals surface area contributed by atoms with Crippen molar-refractivity contribution >= 4 is 11.5 Å². The Balaban J connectivity index is 1.87. The molecule has 3 heteroatoms. The highest BCUT2D eigenvalue weighted by atomic mass is 15.2. The van der Waals surface area contributed by atoms with E-state index in [0.717, 1.165) is 25.3 Å². The molecule has 2 aromatic rings. The maximum absolute atomic E-state index is 4.52. The summed E-state index contributed by atoms with van der Waals surface area (Å²) in [7, 11) is 4.12. The number of anilines is 2. The highest BCUT2D eigenvalue weighted by Crippen LogP contribution is 2.25. The fourth-order valence-electron chi connectivity index (χ4n) is 2.55. The van der Waals surface area contributed by atoms with Crippen molar-refractivity contribution in [2.75, 3.05) is 30.4 Å². The van der Waals surface area contributed by atoms with Crippen molar-refractivity contribution in [1.82, 2.24) is 4.98 Å². The van der Waals surface area contributed by atoms with Crippen LogP contribution >= 0.6 is 0 Å². The number of benzene rings is 1. The van der Waals surface area contributed by atoms with E-state index in [2.05, 4.69) is 59.2 Å². The number of aromatic nitrogens is 1. The molecule has 19 heavy (non-hydrogen) atoms. The summed E-state index contributed by atoms with van der Waals surface area (Å²) in [6.45, 7) is 2.00. The molecule has 1 aliphatic heterocycles. The first-order valence-electron chi connectivity index (χ1n) is 6.69. The van der Waals surface area contributed by atoms with Crippen molar-refractivity contribution in [3.05, 3.63) is 53.7 Å². The molecule has 1 aliphatic rings. The van der Waals surface area contributed by atoms with Crippen molar-refractivity contribution in [3.63, 3.8) is 0 Å². The van der Waals surface area contributed by atoms with Crippen molar-refractivity contribution in [2.24, 2.45) is 0 Å². The highest BCUT2D eigenvalue weighted by Gasteiger charge is 2.17. The smallest absolute Gasteiger partial charge is 0.130 e. The first-order chi connectivity index (χ1) is 9.24. The molecule has 3 rings (SSSR count). The average molecular weight is 252 g/mol. The van der Waals surface area contributed by atoms with E-state index < -0.39 is 0 Å². The molecule has 0 bridgehead atoms. The van der Waals surface area contributed by atoms with Crippen LogP contribution in [0.15, 0.2) is 42.6 Å². The van der Waals surface area contributed by atoms with E-state index >= 15 is 0 Å². The van der Waals surface area contributed by atoms with Crippen LogP contribution in [0.3, 0.4) is 0 Å². The minimum absolute atomic E-state index is 0.958. The zero-order valence-corrected chi connectivity index (χ0v) is 11.5. The molecule has 0 fully saturated rings. The van der Waals surface area contributed by atoms with Gasteiger partial charge < -0.3 is 9.80 Å². The van der Waals surface area contributed by atoms with Gasteiger partial charge in [0.2, 0.25) is 0 Å². The lowest BCUT2D eigenvalue weighted by Gasteiger charge is -2.30. The van der Waals surface area contributed by atoms with Crippen molar-refractivity contribution in [3.8, 4) is 0 Å². The summed E-state index contributed by atoms with van der Waals surface area (Å²) >= 11 is 0. The third-order valence-electron chi connectivity index (χ3n) is 3.70. The fourth-order valence-corrected chi connectivity index (χ4v) is 2.55. The van der Waals surface area contributed by atoms with Gasteiger partial charge in [0.25, 0.3) is 0 Å². The number of pyridine rings is 1. The number of hydrogen-bond acceptors (Lipinski definition) is 3. The molecule has 0 radical (unpaired) electrons. The number of fused-ring (bicyclic) bond motifs is 1. The van der Waals surface area contributed by atoms with Gasteiger partial charge in [0, 0.05) is 45.1 Å². The van der Waals surface area contributed by atoms with Gasteiger partial charge in [-0.05, 0) is 23.6 Å². The van der Waals surface area contributed by atoms with Gasteiger partial charge in [0.05, 0.1) is 0 Å². The Labute approximate surface area is 114 Å². The van der Waals surface area contributed by atoms with Gasteiger partial charge in [0.1, 0.15) is 5.82 Å². The summed E-state index contributed by atoms with van der Waals surface area (Å²) in [6, 6.07) is 12.9. The van der Waals surface area contributed by atoms with E-state index in [-0.39, 0.29) is 0 Å². The van der Waals surface area contributed by atoms with Crippen molar-refractivity contribution < 1.29 is 0 Å². The molecule has 2 heterocycles. The molecule has 3 nitrogen and oxygen atoms in total. The standard InChI is InChI=1S/C16H19N3/c1-18(2)15-7-9-17-16(11-15)19-10-8-13-5-3-4-6-14(13)12-19/h3-7,9,11H,8,10,12H2,1-2H3/i1-1. The molecule has 98 valence electrons. The maximum atomic E-state index is 4.52. The SMILES string of the molecule is CN([11CH3])c1ccnc(N2CCc3ccccc3C2)c1. The molecule has 0 spiro atoms. The summed E-state index contributed by atoms with van der Waals surface area (Å²) < 4.78 is 0. The van der Waals surface area contributed by atoms with Gasteiger partial charge in [-0.2, -0.15) is 0 Å². The first-order valence-corrected chi connectivity index (χ1v) is 6.69. The second kappa shape index (κ2) is 4.92. The fraction of sp³-hybridized carbons (Fsp3) is 0.312. The Morgan fingerprint density at radius 3 is 2.68 bits per heavy atom. The Morgan fingerprint density at radius 1 is 1.11 bits per heavy atom. The highest BCUT2D eigenvalue weighted by molar-refractivity contribution is 5.55. The number of hydrogen-bond donors (Lipinski definition) is 0. The molecular formula is C16H19N3. The van der Waals surface area contributed by atoms with E-state index in [4.69, 9.17) is 0 Å². The predicted octanol–water partition coefficient (Wildman–Crippen LogP) is 2.71. The lowest BCUT2D eigenvalue weighted by molar-refractivity contribution is 0.721. The monoisotopic (exact) mass is 252 g/mol. The Hall–Kier alpha value is -2.03. The van der Waals surface area contributed by atoms with E-state index in [1.165, 1.54) is 16.8 Å². The van der Waals surface area contributed by atoms with Crippen LogP contribution < -0.4 is 9.80 Å². The Morgan fingerprint density at radius 2 is 1.89 bits per heavy atom. The summed E-state index contributed by atoms with van der Waals surface area (Å²) in [5, 5.41) is 0. The van der Waals surface area contributed by atoms with Crippen LogP contribution in [0.5, 0.6) is 0 Å². The summed E-state index contributed by atoms with van der Waals surface area (Å²) in [4.78, 5) is 8.99. The summed E-state index contributed by atoms with van der Waals surface area (Å²) in [5.74, 6) is 1.07. The van der Waals surface area contributed by atoms with E-state index in [1.54, 1.807) is 0 Å². The molecule has 0 atom stereocenters. The molecule has 0 amide bonds. The lowest BCUT2D eigenvalue weighted by atomic mass is 10.00. The molecule has 0 unspecified atom stereocenters. The molecule has 0 saturated carbocycles. The van der Waals surface area contributed by atoms with Crippen molar-refractivity contribution in [1.29, 1.82) is 0 Å². The van der Waals surface area contributed by atoms with Gasteiger partial charge in [-0.3, -0.25) is 0 Å². The number of nitrogens with zero attached hydrogens (tertiary/aromatic N) is 3. The van der Waals surface area contributed by atoms with Gasteiger partial charge in [-0.25, -0.2) is 4.98 Å². The van der Waals surface area contributed by atoms with Crippen LogP contribution in [-0.4, -0.2) is 25.6 Å². The molecular weight excluding hydrogens is 233 g/mol.